The first kappa shape index (κ1) is 13.0. The highest BCUT2D eigenvalue weighted by Crippen LogP contribution is 2.39. The fourth-order valence-corrected chi connectivity index (χ4v) is 2.53. The van der Waals surface area contributed by atoms with Crippen molar-refractivity contribution >= 4 is 57.4 Å². The Hall–Kier alpha value is -1.000. The SMILES string of the molecule is Clc1nc(-c2nc3ccccc3[nH]2)c(Cl)c(Cl)c1Cl. The Morgan fingerprint density at radius 3 is 2.32 bits per heavy atom. The molecule has 3 rings (SSSR count). The minimum Gasteiger partial charge on any atom is -0.337 e. The highest BCUT2D eigenvalue weighted by molar-refractivity contribution is 6.52. The van der Waals surface area contributed by atoms with Crippen LogP contribution in [0.4, 0.5) is 0 Å². The van der Waals surface area contributed by atoms with Crippen molar-refractivity contribution in [3.05, 3.63) is 44.5 Å². The van der Waals surface area contributed by atoms with Crippen LogP contribution in [0.3, 0.4) is 0 Å². The van der Waals surface area contributed by atoms with Crippen LogP contribution in [0.15, 0.2) is 24.3 Å². The number of H-pyrrole nitrogens is 1. The third kappa shape index (κ3) is 2.17. The van der Waals surface area contributed by atoms with Gasteiger partial charge in [0.05, 0.1) is 26.1 Å². The largest absolute Gasteiger partial charge is 0.337 e. The van der Waals surface area contributed by atoms with Gasteiger partial charge in [-0.2, -0.15) is 0 Å². The average Bonchev–Trinajstić information content (AvgIpc) is 2.84. The predicted molar refractivity (Wildman–Crippen MR) is 79.4 cm³/mol. The van der Waals surface area contributed by atoms with Gasteiger partial charge >= 0.3 is 0 Å². The lowest BCUT2D eigenvalue weighted by atomic mass is 10.3. The summed E-state index contributed by atoms with van der Waals surface area (Å²) in [5.74, 6) is 0.492. The molecule has 19 heavy (non-hydrogen) atoms. The minimum atomic E-state index is 0.0894. The lowest BCUT2D eigenvalue weighted by Crippen LogP contribution is -1.90. The molecule has 1 N–H and O–H groups in total. The molecule has 96 valence electrons. The van der Waals surface area contributed by atoms with Gasteiger partial charge in [-0.1, -0.05) is 58.5 Å². The van der Waals surface area contributed by atoms with Crippen molar-refractivity contribution in [1.82, 2.24) is 15.0 Å². The van der Waals surface area contributed by atoms with Gasteiger partial charge in [0.15, 0.2) is 5.82 Å². The van der Waals surface area contributed by atoms with E-state index in [1.807, 2.05) is 24.3 Å². The van der Waals surface area contributed by atoms with Crippen LogP contribution in [-0.4, -0.2) is 15.0 Å². The number of benzene rings is 1. The summed E-state index contributed by atoms with van der Waals surface area (Å²) in [6.45, 7) is 0. The van der Waals surface area contributed by atoms with Crippen LogP contribution in [0.1, 0.15) is 0 Å². The summed E-state index contributed by atoms with van der Waals surface area (Å²) in [6, 6.07) is 7.58. The van der Waals surface area contributed by atoms with Crippen LogP contribution < -0.4 is 0 Å². The average molecular weight is 333 g/mol. The number of imidazole rings is 1. The monoisotopic (exact) mass is 331 g/mol. The number of rotatable bonds is 1. The number of fused-ring (bicyclic) bond motifs is 1. The molecule has 3 aromatic rings. The molecule has 0 aliphatic carbocycles. The van der Waals surface area contributed by atoms with Gasteiger partial charge < -0.3 is 4.98 Å². The number of aromatic amines is 1. The van der Waals surface area contributed by atoms with Gasteiger partial charge in [-0.05, 0) is 12.1 Å². The number of para-hydroxylation sites is 2. The van der Waals surface area contributed by atoms with Crippen molar-refractivity contribution in [3.63, 3.8) is 0 Å². The molecule has 2 aromatic heterocycles. The molecule has 2 heterocycles. The molecular formula is C12H5Cl4N3. The Balaban J connectivity index is 2.27. The summed E-state index contributed by atoms with van der Waals surface area (Å²) in [7, 11) is 0. The molecule has 0 spiro atoms. The van der Waals surface area contributed by atoms with Crippen LogP contribution >= 0.6 is 46.4 Å². The molecule has 0 radical (unpaired) electrons. The maximum atomic E-state index is 6.14. The molecule has 0 fully saturated rings. The highest BCUT2D eigenvalue weighted by Gasteiger charge is 2.18. The van der Waals surface area contributed by atoms with Gasteiger partial charge in [0.25, 0.3) is 0 Å². The van der Waals surface area contributed by atoms with E-state index in [1.54, 1.807) is 0 Å². The topological polar surface area (TPSA) is 41.6 Å². The van der Waals surface area contributed by atoms with Crippen LogP contribution in [0.25, 0.3) is 22.6 Å². The van der Waals surface area contributed by atoms with E-state index < -0.39 is 0 Å². The molecule has 0 saturated heterocycles. The quantitative estimate of drug-likeness (QED) is 0.619. The van der Waals surface area contributed by atoms with Crippen molar-refractivity contribution in [2.45, 2.75) is 0 Å². The molecule has 0 aliphatic heterocycles. The lowest BCUT2D eigenvalue weighted by molar-refractivity contribution is 1.24. The second-order valence-corrected chi connectivity index (χ2v) is 5.29. The Kier molecular flexibility index (Phi) is 3.31. The number of halogens is 4. The number of aromatic nitrogens is 3. The van der Waals surface area contributed by atoms with Crippen molar-refractivity contribution < 1.29 is 0 Å². The van der Waals surface area contributed by atoms with Gasteiger partial charge in [-0.25, -0.2) is 9.97 Å². The molecule has 0 bridgehead atoms. The van der Waals surface area contributed by atoms with E-state index in [1.165, 1.54) is 0 Å². The van der Waals surface area contributed by atoms with Crippen LogP contribution in [0, 0.1) is 0 Å². The van der Waals surface area contributed by atoms with Gasteiger partial charge in [-0.3, -0.25) is 0 Å². The second kappa shape index (κ2) is 4.84. The van der Waals surface area contributed by atoms with E-state index in [2.05, 4.69) is 15.0 Å². The Morgan fingerprint density at radius 1 is 0.842 bits per heavy atom. The van der Waals surface area contributed by atoms with Crippen molar-refractivity contribution in [1.29, 1.82) is 0 Å². The van der Waals surface area contributed by atoms with E-state index in [0.717, 1.165) is 11.0 Å². The number of nitrogens with one attached hydrogen (secondary N) is 1. The third-order valence-corrected chi connectivity index (χ3v) is 4.28. The molecule has 0 saturated carbocycles. The van der Waals surface area contributed by atoms with Crippen LogP contribution in [0.2, 0.25) is 20.2 Å². The van der Waals surface area contributed by atoms with Crippen molar-refractivity contribution in [3.8, 4) is 11.5 Å². The van der Waals surface area contributed by atoms with Gasteiger partial charge in [0.1, 0.15) is 10.8 Å². The lowest BCUT2D eigenvalue weighted by Gasteiger charge is -2.05. The molecule has 3 nitrogen and oxygen atoms in total. The number of pyridine rings is 1. The molecule has 0 aliphatic rings. The van der Waals surface area contributed by atoms with E-state index in [4.69, 9.17) is 46.4 Å². The van der Waals surface area contributed by atoms with Gasteiger partial charge in [0.2, 0.25) is 0 Å². The van der Waals surface area contributed by atoms with E-state index in [9.17, 15) is 0 Å². The number of hydrogen-bond donors (Lipinski definition) is 1. The normalized spacial score (nSPS) is 11.2. The first-order valence-corrected chi connectivity index (χ1v) is 6.74. The zero-order chi connectivity index (χ0) is 13.6. The smallest absolute Gasteiger partial charge is 0.158 e. The number of nitrogens with zero attached hydrogens (tertiary/aromatic N) is 2. The van der Waals surface area contributed by atoms with Gasteiger partial charge in [0, 0.05) is 0 Å². The molecule has 7 heteroatoms. The Labute approximate surface area is 128 Å². The van der Waals surface area contributed by atoms with Gasteiger partial charge in [-0.15, -0.1) is 0 Å². The summed E-state index contributed by atoms with van der Waals surface area (Å²) in [5.41, 5.74) is 2.05. The maximum Gasteiger partial charge on any atom is 0.158 e. The second-order valence-electron chi connectivity index (χ2n) is 3.80. The summed E-state index contributed by atoms with van der Waals surface area (Å²) >= 11 is 23.9. The molecular weight excluding hydrogens is 328 g/mol. The van der Waals surface area contributed by atoms with Crippen LogP contribution in [0.5, 0.6) is 0 Å². The first-order valence-electron chi connectivity index (χ1n) is 5.23. The highest BCUT2D eigenvalue weighted by atomic mass is 35.5. The molecule has 0 amide bonds. The third-order valence-electron chi connectivity index (χ3n) is 2.60. The Bertz CT molecular complexity index is 749. The zero-order valence-corrected chi connectivity index (χ0v) is 12.2. The van der Waals surface area contributed by atoms with Crippen LogP contribution in [-0.2, 0) is 0 Å². The fraction of sp³-hybridized carbons (Fsp3) is 0. The predicted octanol–water partition coefficient (Wildman–Crippen LogP) is 5.24. The molecule has 0 unspecified atom stereocenters. The summed E-state index contributed by atoms with van der Waals surface area (Å²) in [6.07, 6.45) is 0. The summed E-state index contributed by atoms with van der Waals surface area (Å²) < 4.78 is 0. The fourth-order valence-electron chi connectivity index (χ4n) is 1.71. The van der Waals surface area contributed by atoms with E-state index in [-0.39, 0.29) is 20.2 Å². The maximum absolute atomic E-state index is 6.14. The summed E-state index contributed by atoms with van der Waals surface area (Å²) in [5, 5.41) is 0.605. The zero-order valence-electron chi connectivity index (χ0n) is 9.22. The molecule has 1 aromatic carbocycles. The van der Waals surface area contributed by atoms with Crippen molar-refractivity contribution in [2.75, 3.05) is 0 Å². The standard InChI is InChI=1S/C12H5Cl4N3/c13-7-8(14)10(19-11(16)9(7)15)12-17-5-3-1-2-4-6(5)18-12/h1-4H,(H,17,18). The first-order chi connectivity index (χ1) is 9.08. The Morgan fingerprint density at radius 2 is 1.58 bits per heavy atom. The minimum absolute atomic E-state index is 0.0894. The number of hydrogen-bond acceptors (Lipinski definition) is 2. The molecule has 0 atom stereocenters. The summed E-state index contributed by atoms with van der Waals surface area (Å²) in [4.78, 5) is 11.6. The van der Waals surface area contributed by atoms with E-state index in [0.29, 0.717) is 11.5 Å². The van der Waals surface area contributed by atoms with E-state index >= 15 is 0 Å². The van der Waals surface area contributed by atoms with Crippen molar-refractivity contribution in [2.24, 2.45) is 0 Å².